The maximum atomic E-state index is 12.8. The Morgan fingerprint density at radius 2 is 2.33 bits per heavy atom. The van der Waals surface area contributed by atoms with Crippen LogP contribution in [0.15, 0.2) is 22.6 Å². The van der Waals surface area contributed by atoms with Crippen LogP contribution in [-0.4, -0.2) is 42.6 Å². The molecule has 2 aromatic rings. The number of aryl methyl sites for hydroxylation is 1. The first-order valence-corrected chi connectivity index (χ1v) is 8.89. The second-order valence-electron chi connectivity index (χ2n) is 6.61. The van der Waals surface area contributed by atoms with Crippen LogP contribution in [0.4, 0.5) is 0 Å². The second-order valence-corrected chi connectivity index (χ2v) is 6.61. The Morgan fingerprint density at radius 3 is 3.12 bits per heavy atom. The number of hydrogen-bond acceptors (Lipinski definition) is 4. The molecule has 1 aromatic heterocycles. The van der Waals surface area contributed by atoms with Crippen molar-refractivity contribution < 1.29 is 13.9 Å². The number of ether oxygens (including phenoxy) is 1. The molecule has 1 aromatic carbocycles. The first-order chi connectivity index (χ1) is 11.7. The van der Waals surface area contributed by atoms with E-state index in [0.717, 1.165) is 62.2 Å². The fraction of sp³-hybridized carbons (Fsp3) is 0.579. The number of nitrogens with zero attached hydrogens (tertiary/aromatic N) is 2. The molecule has 0 radical (unpaired) electrons. The molecule has 0 spiro atoms. The molecule has 0 aliphatic carbocycles. The summed E-state index contributed by atoms with van der Waals surface area (Å²) in [5, 5.41) is 0. The van der Waals surface area contributed by atoms with E-state index < -0.39 is 0 Å². The number of carbonyl (C=O) groups is 1. The standard InChI is InChI=1S/C19H26N2O3/c1-3-4-7-18-20-16-11-15(8-9-17(16)24-18)19(22)21-10-5-6-14(12-21)13-23-2/h8-9,11,14H,3-7,10,12-13H2,1-2H3/t14-/m0/s1. The van der Waals surface area contributed by atoms with Gasteiger partial charge in [-0.3, -0.25) is 4.79 Å². The van der Waals surface area contributed by atoms with Crippen molar-refractivity contribution in [3.8, 4) is 0 Å². The quantitative estimate of drug-likeness (QED) is 0.811. The van der Waals surface area contributed by atoms with Gasteiger partial charge in [0.05, 0.1) is 6.61 Å². The van der Waals surface area contributed by atoms with Gasteiger partial charge in [0.2, 0.25) is 0 Å². The van der Waals surface area contributed by atoms with Gasteiger partial charge >= 0.3 is 0 Å². The van der Waals surface area contributed by atoms with E-state index in [0.29, 0.717) is 18.1 Å². The SMILES string of the molecule is CCCCc1nc2cc(C(=O)N3CCC[C@H](COC)C3)ccc2o1. The maximum Gasteiger partial charge on any atom is 0.253 e. The lowest BCUT2D eigenvalue weighted by atomic mass is 9.98. The number of carbonyl (C=O) groups excluding carboxylic acids is 1. The third-order valence-corrected chi connectivity index (χ3v) is 4.63. The van der Waals surface area contributed by atoms with Crippen LogP contribution in [-0.2, 0) is 11.2 Å². The minimum atomic E-state index is 0.0795. The van der Waals surface area contributed by atoms with Crippen molar-refractivity contribution in [2.45, 2.75) is 39.0 Å². The number of fused-ring (bicyclic) bond motifs is 1. The average Bonchev–Trinajstić information content (AvgIpc) is 3.01. The number of amides is 1. The van der Waals surface area contributed by atoms with Crippen LogP contribution in [0.1, 0.15) is 48.9 Å². The fourth-order valence-electron chi connectivity index (χ4n) is 3.35. The summed E-state index contributed by atoms with van der Waals surface area (Å²) in [6.45, 7) is 4.45. The van der Waals surface area contributed by atoms with Crippen molar-refractivity contribution in [1.82, 2.24) is 9.88 Å². The van der Waals surface area contributed by atoms with Crippen LogP contribution in [0.5, 0.6) is 0 Å². The lowest BCUT2D eigenvalue weighted by molar-refractivity contribution is 0.0571. The molecular formula is C19H26N2O3. The molecule has 0 unspecified atom stereocenters. The highest BCUT2D eigenvalue weighted by Gasteiger charge is 2.24. The summed E-state index contributed by atoms with van der Waals surface area (Å²) >= 11 is 0. The summed E-state index contributed by atoms with van der Waals surface area (Å²) in [5.74, 6) is 1.27. The lowest BCUT2D eigenvalue weighted by Crippen LogP contribution is -2.41. The number of benzene rings is 1. The normalized spacial score (nSPS) is 18.2. The molecule has 1 amide bonds. The highest BCUT2D eigenvalue weighted by atomic mass is 16.5. The van der Waals surface area contributed by atoms with E-state index in [1.165, 1.54) is 0 Å². The van der Waals surface area contributed by atoms with E-state index >= 15 is 0 Å². The van der Waals surface area contributed by atoms with Crippen LogP contribution in [0.25, 0.3) is 11.1 Å². The third-order valence-electron chi connectivity index (χ3n) is 4.63. The van der Waals surface area contributed by atoms with E-state index in [1.807, 2.05) is 23.1 Å². The molecule has 3 rings (SSSR count). The van der Waals surface area contributed by atoms with E-state index in [9.17, 15) is 4.79 Å². The number of aromatic nitrogens is 1. The monoisotopic (exact) mass is 330 g/mol. The molecule has 1 atom stereocenters. The number of unbranched alkanes of at least 4 members (excludes halogenated alkanes) is 1. The van der Waals surface area contributed by atoms with Crippen molar-refractivity contribution in [1.29, 1.82) is 0 Å². The van der Waals surface area contributed by atoms with E-state index in [4.69, 9.17) is 9.15 Å². The van der Waals surface area contributed by atoms with Gasteiger partial charge in [0.25, 0.3) is 5.91 Å². The van der Waals surface area contributed by atoms with Gasteiger partial charge in [-0.15, -0.1) is 0 Å². The Kier molecular flexibility index (Phi) is 5.51. The number of hydrogen-bond donors (Lipinski definition) is 0. The Balaban J connectivity index is 1.74. The van der Waals surface area contributed by atoms with Crippen LogP contribution in [0.3, 0.4) is 0 Å². The van der Waals surface area contributed by atoms with Gasteiger partial charge in [0, 0.05) is 32.2 Å². The van der Waals surface area contributed by atoms with Crippen molar-refractivity contribution in [2.75, 3.05) is 26.8 Å². The van der Waals surface area contributed by atoms with Gasteiger partial charge in [0.15, 0.2) is 11.5 Å². The first kappa shape index (κ1) is 17.0. The third kappa shape index (κ3) is 3.78. The molecule has 1 aliphatic heterocycles. The average molecular weight is 330 g/mol. The number of rotatable bonds is 6. The van der Waals surface area contributed by atoms with Crippen LogP contribution >= 0.6 is 0 Å². The Bertz CT molecular complexity index is 693. The van der Waals surface area contributed by atoms with Gasteiger partial charge in [-0.25, -0.2) is 4.98 Å². The second kappa shape index (κ2) is 7.79. The molecule has 2 heterocycles. The molecule has 0 N–H and O–H groups in total. The van der Waals surface area contributed by atoms with E-state index in [-0.39, 0.29) is 5.91 Å². The summed E-state index contributed by atoms with van der Waals surface area (Å²) in [6, 6.07) is 5.57. The predicted molar refractivity (Wildman–Crippen MR) is 93.1 cm³/mol. The molecule has 1 saturated heterocycles. The zero-order chi connectivity index (χ0) is 16.9. The van der Waals surface area contributed by atoms with Gasteiger partial charge in [-0.05, 0) is 43.4 Å². The number of likely N-dealkylation sites (tertiary alicyclic amines) is 1. The minimum Gasteiger partial charge on any atom is -0.441 e. The fourth-order valence-corrected chi connectivity index (χ4v) is 3.35. The molecule has 24 heavy (non-hydrogen) atoms. The highest BCUT2D eigenvalue weighted by molar-refractivity contribution is 5.97. The van der Waals surface area contributed by atoms with Gasteiger partial charge in [-0.2, -0.15) is 0 Å². The smallest absolute Gasteiger partial charge is 0.253 e. The van der Waals surface area contributed by atoms with Crippen LogP contribution < -0.4 is 0 Å². The van der Waals surface area contributed by atoms with Crippen LogP contribution in [0, 0.1) is 5.92 Å². The topological polar surface area (TPSA) is 55.6 Å². The van der Waals surface area contributed by atoms with Crippen molar-refractivity contribution in [2.24, 2.45) is 5.92 Å². The molecule has 5 nitrogen and oxygen atoms in total. The Morgan fingerprint density at radius 1 is 1.46 bits per heavy atom. The van der Waals surface area contributed by atoms with Gasteiger partial charge < -0.3 is 14.1 Å². The Hall–Kier alpha value is -1.88. The zero-order valence-corrected chi connectivity index (χ0v) is 14.6. The van der Waals surface area contributed by atoms with Crippen molar-refractivity contribution in [3.63, 3.8) is 0 Å². The first-order valence-electron chi connectivity index (χ1n) is 8.89. The van der Waals surface area contributed by atoms with E-state index in [1.54, 1.807) is 7.11 Å². The summed E-state index contributed by atoms with van der Waals surface area (Å²) in [6.07, 6.45) is 5.18. The van der Waals surface area contributed by atoms with Gasteiger partial charge in [-0.1, -0.05) is 13.3 Å². The summed E-state index contributed by atoms with van der Waals surface area (Å²) in [7, 11) is 1.72. The molecular weight excluding hydrogens is 304 g/mol. The summed E-state index contributed by atoms with van der Waals surface area (Å²) < 4.78 is 11.0. The van der Waals surface area contributed by atoms with Gasteiger partial charge in [0.1, 0.15) is 5.52 Å². The zero-order valence-electron chi connectivity index (χ0n) is 14.6. The van der Waals surface area contributed by atoms with Crippen molar-refractivity contribution >= 4 is 17.0 Å². The number of oxazole rings is 1. The largest absolute Gasteiger partial charge is 0.441 e. The summed E-state index contributed by atoms with van der Waals surface area (Å²) in [5.41, 5.74) is 2.22. The molecule has 1 fully saturated rings. The van der Waals surface area contributed by atoms with E-state index in [2.05, 4.69) is 11.9 Å². The molecule has 0 saturated carbocycles. The molecule has 5 heteroatoms. The van der Waals surface area contributed by atoms with Crippen molar-refractivity contribution in [3.05, 3.63) is 29.7 Å². The summed E-state index contributed by atoms with van der Waals surface area (Å²) in [4.78, 5) is 19.3. The molecule has 0 bridgehead atoms. The lowest BCUT2D eigenvalue weighted by Gasteiger charge is -2.32. The maximum absolute atomic E-state index is 12.8. The molecule has 1 aliphatic rings. The number of piperidine rings is 1. The molecule has 130 valence electrons. The highest BCUT2D eigenvalue weighted by Crippen LogP contribution is 2.22. The predicted octanol–water partition coefficient (Wildman–Crippen LogP) is 3.67. The number of methoxy groups -OCH3 is 1. The Labute approximate surface area is 143 Å². The van der Waals surface area contributed by atoms with Crippen LogP contribution in [0.2, 0.25) is 0 Å². The minimum absolute atomic E-state index is 0.0795.